The van der Waals surface area contributed by atoms with Gasteiger partial charge in [-0.05, 0) is 245 Å². The fourth-order valence-corrected chi connectivity index (χ4v) is 17.5. The molecule has 0 atom stereocenters. The van der Waals surface area contributed by atoms with Gasteiger partial charge in [0.15, 0.2) is 0 Å². The van der Waals surface area contributed by atoms with E-state index in [0.717, 1.165) is 6.42 Å². The van der Waals surface area contributed by atoms with Crippen molar-refractivity contribution in [2.75, 3.05) is 9.80 Å². The van der Waals surface area contributed by atoms with Crippen LogP contribution in [0.4, 0.5) is 33.4 Å². The Kier molecular flexibility index (Phi) is 11.2. The fraction of sp³-hybridized carbons (Fsp3) is 0.493. The van der Waals surface area contributed by atoms with E-state index in [2.05, 4.69) is 251 Å². The standard InChI is InChI=1S/C75H91BN2S/c1-44-35-61-65-62(36-44)78(59-41-55-52(70(9,10)29-32-73(55,15)16)38-48(59)45-21-23-46(24-22-45)67(2,3)4)60-42-56-54(72(13,14)31-33-74(56,17)18)40-58(60)76(65)64-49-39-53-57(75(19,20)34-30-71(53,11)12)43-63(49)79-66(64)77(61)47-25-26-50-51(37-47)69(7,8)28-27-68(50,5)6/h21-26,35-43H,27-34H2,1-20H3. The van der Waals surface area contributed by atoms with Gasteiger partial charge >= 0.3 is 0 Å². The van der Waals surface area contributed by atoms with Crippen molar-refractivity contribution in [2.45, 2.75) is 239 Å². The maximum Gasteiger partial charge on any atom is 0.254 e. The molecule has 0 saturated heterocycles. The van der Waals surface area contributed by atoms with E-state index < -0.39 is 0 Å². The Balaban J connectivity index is 1.19. The molecule has 0 spiro atoms. The molecule has 6 aliphatic rings. The number of fused-ring (bicyclic) bond motifs is 10. The molecule has 410 valence electrons. The van der Waals surface area contributed by atoms with Gasteiger partial charge in [-0.3, -0.25) is 0 Å². The molecule has 3 heterocycles. The Bertz CT molecular complexity index is 3740. The molecule has 13 rings (SSSR count). The molecule has 0 N–H and O–H groups in total. The summed E-state index contributed by atoms with van der Waals surface area (Å²) < 4.78 is 1.42. The highest BCUT2D eigenvalue weighted by Crippen LogP contribution is 2.58. The molecule has 0 fully saturated rings. The van der Waals surface area contributed by atoms with E-state index in [9.17, 15) is 0 Å². The molecule has 2 aliphatic heterocycles. The minimum absolute atomic E-state index is 0.0147. The summed E-state index contributed by atoms with van der Waals surface area (Å²) in [6, 6.07) is 38.8. The van der Waals surface area contributed by atoms with Gasteiger partial charge in [0.2, 0.25) is 0 Å². The Labute approximate surface area is 481 Å². The molecule has 6 aromatic carbocycles. The van der Waals surface area contributed by atoms with Crippen LogP contribution in [-0.2, 0) is 48.7 Å². The Morgan fingerprint density at radius 3 is 1.35 bits per heavy atom. The maximum atomic E-state index is 2.82. The third kappa shape index (κ3) is 7.87. The lowest BCUT2D eigenvalue weighted by molar-refractivity contribution is 0.332. The molecule has 79 heavy (non-hydrogen) atoms. The summed E-state index contributed by atoms with van der Waals surface area (Å²) in [7, 11) is 0. The Morgan fingerprint density at radius 1 is 0.405 bits per heavy atom. The van der Waals surface area contributed by atoms with E-state index in [-0.39, 0.29) is 55.4 Å². The lowest BCUT2D eigenvalue weighted by Crippen LogP contribution is -2.61. The molecule has 4 heteroatoms. The van der Waals surface area contributed by atoms with E-state index in [4.69, 9.17) is 0 Å². The van der Waals surface area contributed by atoms with Gasteiger partial charge in [0.25, 0.3) is 6.71 Å². The topological polar surface area (TPSA) is 6.48 Å². The van der Waals surface area contributed by atoms with Crippen LogP contribution < -0.4 is 26.2 Å². The summed E-state index contributed by atoms with van der Waals surface area (Å²) in [5.41, 5.74) is 29.0. The van der Waals surface area contributed by atoms with Crippen molar-refractivity contribution in [1.82, 2.24) is 0 Å². The SMILES string of the molecule is Cc1cc2c3c(c1)N(c1ccc4c(c1)C(C)(C)CCC4(C)C)c1sc4cc5c(cc4c1B3c1cc3c(cc1N2c1cc2c(cc1-c1ccc(C(C)(C)C)cc1)C(C)(C)CCC2(C)C)C(C)(C)CCC3(C)C)C(C)(C)CCC5(C)C. The Hall–Kier alpha value is -5.06. The summed E-state index contributed by atoms with van der Waals surface area (Å²) in [6.45, 7) is 49.6. The second-order valence-corrected chi connectivity index (χ2v) is 33.6. The predicted molar refractivity (Wildman–Crippen MR) is 346 cm³/mol. The van der Waals surface area contributed by atoms with Gasteiger partial charge in [0, 0.05) is 33.0 Å². The first kappa shape index (κ1) is 53.3. The van der Waals surface area contributed by atoms with Crippen LogP contribution in [-0.4, -0.2) is 6.71 Å². The van der Waals surface area contributed by atoms with Crippen molar-refractivity contribution in [3.05, 3.63) is 147 Å². The molecule has 0 bridgehead atoms. The maximum absolute atomic E-state index is 2.82. The van der Waals surface area contributed by atoms with Crippen molar-refractivity contribution >= 4 is 78.0 Å². The first-order valence-electron chi connectivity index (χ1n) is 30.6. The van der Waals surface area contributed by atoms with E-state index in [1.54, 1.807) is 11.1 Å². The molecular formula is C75H91BN2S. The van der Waals surface area contributed by atoms with Gasteiger partial charge < -0.3 is 9.80 Å². The summed E-state index contributed by atoms with van der Waals surface area (Å²) >= 11 is 2.06. The number of rotatable bonds is 3. The lowest BCUT2D eigenvalue weighted by Gasteiger charge is -2.48. The number of aryl methyl sites for hydroxylation is 1. The quantitative estimate of drug-likeness (QED) is 0.163. The molecular weight excluding hydrogens is 972 g/mol. The number of nitrogens with zero attached hydrogens (tertiary/aromatic N) is 2. The largest absolute Gasteiger partial charge is 0.311 e. The van der Waals surface area contributed by atoms with Gasteiger partial charge in [-0.2, -0.15) is 0 Å². The lowest BCUT2D eigenvalue weighted by atomic mass is 9.33. The molecule has 4 aliphatic carbocycles. The molecule has 0 radical (unpaired) electrons. The van der Waals surface area contributed by atoms with Crippen LogP contribution in [0.25, 0.3) is 21.2 Å². The van der Waals surface area contributed by atoms with Gasteiger partial charge in [-0.1, -0.05) is 168 Å². The highest BCUT2D eigenvalue weighted by molar-refractivity contribution is 7.26. The zero-order valence-electron chi connectivity index (χ0n) is 52.2. The smallest absolute Gasteiger partial charge is 0.254 e. The molecule has 0 amide bonds. The van der Waals surface area contributed by atoms with Crippen LogP contribution in [0.5, 0.6) is 0 Å². The van der Waals surface area contributed by atoms with Gasteiger partial charge in [-0.25, -0.2) is 0 Å². The monoisotopic (exact) mass is 1060 g/mol. The second-order valence-electron chi connectivity index (χ2n) is 32.5. The van der Waals surface area contributed by atoms with Crippen LogP contribution in [0.1, 0.15) is 239 Å². The van der Waals surface area contributed by atoms with Crippen LogP contribution in [0, 0.1) is 6.92 Å². The van der Waals surface area contributed by atoms with Crippen molar-refractivity contribution < 1.29 is 0 Å². The van der Waals surface area contributed by atoms with Crippen LogP contribution >= 0.6 is 11.3 Å². The third-order valence-electron chi connectivity index (χ3n) is 22.1. The highest BCUT2D eigenvalue weighted by atomic mass is 32.1. The number of hydrogen-bond donors (Lipinski definition) is 0. The normalized spacial score (nSPS) is 21.7. The van der Waals surface area contributed by atoms with Crippen molar-refractivity contribution in [3.63, 3.8) is 0 Å². The number of benzene rings is 6. The summed E-state index contributed by atoms with van der Waals surface area (Å²) in [6.07, 6.45) is 9.46. The number of thiophene rings is 1. The van der Waals surface area contributed by atoms with E-state index in [0.29, 0.717) is 0 Å². The zero-order valence-corrected chi connectivity index (χ0v) is 53.0. The molecule has 2 nitrogen and oxygen atoms in total. The predicted octanol–water partition coefficient (Wildman–Crippen LogP) is 19.7. The molecule has 7 aromatic rings. The van der Waals surface area contributed by atoms with E-state index >= 15 is 0 Å². The highest BCUT2D eigenvalue weighted by Gasteiger charge is 2.50. The fourth-order valence-electron chi connectivity index (χ4n) is 16.2. The van der Waals surface area contributed by atoms with Crippen molar-refractivity contribution in [3.8, 4) is 11.1 Å². The van der Waals surface area contributed by atoms with Crippen LogP contribution in [0.15, 0.2) is 91.0 Å². The first-order valence-corrected chi connectivity index (χ1v) is 31.4. The van der Waals surface area contributed by atoms with E-state index in [1.165, 1.54) is 160 Å². The Morgan fingerprint density at radius 2 is 0.835 bits per heavy atom. The molecule has 0 saturated carbocycles. The van der Waals surface area contributed by atoms with Gasteiger partial charge in [-0.15, -0.1) is 11.3 Å². The average Bonchev–Trinajstić information content (AvgIpc) is 4.03. The summed E-state index contributed by atoms with van der Waals surface area (Å²) in [4.78, 5) is 5.60. The number of hydrogen-bond acceptors (Lipinski definition) is 3. The van der Waals surface area contributed by atoms with Crippen LogP contribution in [0.3, 0.4) is 0 Å². The minimum atomic E-state index is 0.0147. The second kappa shape index (κ2) is 16.6. The van der Waals surface area contributed by atoms with Crippen molar-refractivity contribution in [2.24, 2.45) is 0 Å². The van der Waals surface area contributed by atoms with E-state index in [1.807, 2.05) is 0 Å². The number of anilines is 6. The summed E-state index contributed by atoms with van der Waals surface area (Å²) in [5.74, 6) is 0. The third-order valence-corrected chi connectivity index (χ3v) is 23.3. The molecule has 0 unspecified atom stereocenters. The van der Waals surface area contributed by atoms with Crippen molar-refractivity contribution in [1.29, 1.82) is 0 Å². The molecule has 1 aromatic heterocycles. The van der Waals surface area contributed by atoms with Crippen LogP contribution in [0.2, 0.25) is 0 Å². The minimum Gasteiger partial charge on any atom is -0.311 e. The first-order chi connectivity index (χ1) is 36.6. The van der Waals surface area contributed by atoms with Gasteiger partial charge in [0.05, 0.1) is 10.7 Å². The van der Waals surface area contributed by atoms with Gasteiger partial charge in [0.1, 0.15) is 0 Å². The summed E-state index contributed by atoms with van der Waals surface area (Å²) in [5, 5.41) is 2.84. The average molecular weight is 1060 g/mol. The zero-order chi connectivity index (χ0) is 56.5.